The van der Waals surface area contributed by atoms with Crippen molar-refractivity contribution in [1.82, 2.24) is 10.2 Å². The van der Waals surface area contributed by atoms with Crippen LogP contribution >= 0.6 is 0 Å². The summed E-state index contributed by atoms with van der Waals surface area (Å²) in [5.41, 5.74) is 5.84. The molecule has 0 aromatic heterocycles. The predicted molar refractivity (Wildman–Crippen MR) is 68.6 cm³/mol. The fourth-order valence-corrected chi connectivity index (χ4v) is 2.66. The van der Waals surface area contributed by atoms with Gasteiger partial charge in [0.15, 0.2) is 0 Å². The summed E-state index contributed by atoms with van der Waals surface area (Å²) >= 11 is 0. The molecule has 3 N–H and O–H groups in total. The van der Waals surface area contributed by atoms with Gasteiger partial charge in [-0.2, -0.15) is 0 Å². The van der Waals surface area contributed by atoms with Gasteiger partial charge in [-0.05, 0) is 39.2 Å². The quantitative estimate of drug-likeness (QED) is 0.765. The van der Waals surface area contributed by atoms with E-state index in [1.54, 1.807) is 0 Å². The lowest BCUT2D eigenvalue weighted by atomic mass is 10.1. The van der Waals surface area contributed by atoms with Gasteiger partial charge in [-0.25, -0.2) is 0 Å². The van der Waals surface area contributed by atoms with Gasteiger partial charge in [-0.15, -0.1) is 0 Å². The summed E-state index contributed by atoms with van der Waals surface area (Å²) in [5, 5.41) is 3.09. The fraction of sp³-hybridized carbons (Fsp3) is 0.923. The van der Waals surface area contributed by atoms with E-state index in [0.717, 1.165) is 25.8 Å². The molecular weight excluding hydrogens is 214 g/mol. The molecule has 2 rings (SSSR count). The highest BCUT2D eigenvalue weighted by molar-refractivity contribution is 5.81. The monoisotopic (exact) mass is 239 g/mol. The van der Waals surface area contributed by atoms with Crippen molar-refractivity contribution >= 4 is 5.91 Å². The Kier molecular flexibility index (Phi) is 4.40. The minimum Gasteiger partial charge on any atom is -0.352 e. The molecule has 1 saturated carbocycles. The summed E-state index contributed by atoms with van der Waals surface area (Å²) < 4.78 is 0. The van der Waals surface area contributed by atoms with Crippen LogP contribution in [0.15, 0.2) is 0 Å². The average Bonchev–Trinajstić information content (AvgIpc) is 3.13. The Morgan fingerprint density at radius 2 is 2.12 bits per heavy atom. The van der Waals surface area contributed by atoms with Gasteiger partial charge in [-0.1, -0.05) is 12.8 Å². The molecule has 2 fully saturated rings. The molecule has 1 aliphatic heterocycles. The Hall–Kier alpha value is -0.610. The first kappa shape index (κ1) is 12.8. The molecule has 0 aromatic carbocycles. The first-order valence-corrected chi connectivity index (χ1v) is 6.98. The summed E-state index contributed by atoms with van der Waals surface area (Å²) in [7, 11) is 0. The van der Waals surface area contributed by atoms with Crippen molar-refractivity contribution in [1.29, 1.82) is 0 Å². The molecule has 2 unspecified atom stereocenters. The van der Waals surface area contributed by atoms with Gasteiger partial charge in [-0.3, -0.25) is 9.69 Å². The normalized spacial score (nSPS) is 28.5. The van der Waals surface area contributed by atoms with Crippen molar-refractivity contribution in [3.8, 4) is 0 Å². The standard InChI is InChI=1S/C13H25N3O/c1-10(13(17)15-11-6-7-11)16-8-4-2-3-5-12(16)9-14/h10-12H,2-9,14H2,1H3,(H,15,17). The number of rotatable bonds is 4. The Bertz CT molecular complexity index is 265. The van der Waals surface area contributed by atoms with E-state index in [4.69, 9.17) is 5.73 Å². The van der Waals surface area contributed by atoms with E-state index in [2.05, 4.69) is 10.2 Å². The highest BCUT2D eigenvalue weighted by atomic mass is 16.2. The van der Waals surface area contributed by atoms with Crippen molar-refractivity contribution in [3.63, 3.8) is 0 Å². The van der Waals surface area contributed by atoms with Crippen LogP contribution in [-0.4, -0.2) is 42.0 Å². The third-order valence-corrected chi connectivity index (χ3v) is 4.00. The number of likely N-dealkylation sites (tertiary alicyclic amines) is 1. The molecule has 4 nitrogen and oxygen atoms in total. The minimum absolute atomic E-state index is 0.0257. The fourth-order valence-electron chi connectivity index (χ4n) is 2.66. The van der Waals surface area contributed by atoms with E-state index >= 15 is 0 Å². The van der Waals surface area contributed by atoms with E-state index in [1.807, 2.05) is 6.92 Å². The van der Waals surface area contributed by atoms with Crippen LogP contribution in [0.1, 0.15) is 45.4 Å². The van der Waals surface area contributed by atoms with Gasteiger partial charge in [0.25, 0.3) is 0 Å². The third-order valence-electron chi connectivity index (χ3n) is 4.00. The highest BCUT2D eigenvalue weighted by Crippen LogP contribution is 2.21. The second-order valence-corrected chi connectivity index (χ2v) is 5.44. The first-order chi connectivity index (χ1) is 8.22. The molecule has 1 saturated heterocycles. The molecule has 2 atom stereocenters. The number of nitrogens with one attached hydrogen (secondary N) is 1. The molecule has 1 amide bonds. The maximum absolute atomic E-state index is 12.1. The van der Waals surface area contributed by atoms with Crippen molar-refractivity contribution < 1.29 is 4.79 Å². The van der Waals surface area contributed by atoms with Gasteiger partial charge in [0, 0.05) is 18.6 Å². The number of amides is 1. The number of nitrogens with zero attached hydrogens (tertiary/aromatic N) is 1. The number of hydrogen-bond acceptors (Lipinski definition) is 3. The second kappa shape index (κ2) is 5.83. The smallest absolute Gasteiger partial charge is 0.237 e. The van der Waals surface area contributed by atoms with Gasteiger partial charge in [0.1, 0.15) is 0 Å². The van der Waals surface area contributed by atoms with E-state index in [0.29, 0.717) is 18.6 Å². The largest absolute Gasteiger partial charge is 0.352 e. The highest BCUT2D eigenvalue weighted by Gasteiger charge is 2.31. The molecule has 0 aromatic rings. The summed E-state index contributed by atoms with van der Waals surface area (Å²) in [6.45, 7) is 3.70. The Labute approximate surface area is 104 Å². The molecule has 98 valence electrons. The van der Waals surface area contributed by atoms with Crippen molar-refractivity contribution in [2.45, 2.75) is 63.6 Å². The van der Waals surface area contributed by atoms with Crippen LogP contribution in [0.4, 0.5) is 0 Å². The van der Waals surface area contributed by atoms with E-state index in [1.165, 1.54) is 19.3 Å². The SMILES string of the molecule is CC(C(=O)NC1CC1)N1CCCCCC1CN. The van der Waals surface area contributed by atoms with Gasteiger partial charge in [0.2, 0.25) is 5.91 Å². The summed E-state index contributed by atoms with van der Waals surface area (Å²) in [6.07, 6.45) is 7.14. The topological polar surface area (TPSA) is 58.4 Å². The van der Waals surface area contributed by atoms with Crippen molar-refractivity contribution in [2.24, 2.45) is 5.73 Å². The molecule has 2 aliphatic rings. The molecule has 4 heteroatoms. The zero-order valence-electron chi connectivity index (χ0n) is 10.8. The minimum atomic E-state index is -0.0257. The molecular formula is C13H25N3O. The zero-order valence-corrected chi connectivity index (χ0v) is 10.8. The van der Waals surface area contributed by atoms with Crippen LogP contribution < -0.4 is 11.1 Å². The Balaban J connectivity index is 1.93. The number of nitrogens with two attached hydrogens (primary N) is 1. The molecule has 0 bridgehead atoms. The van der Waals surface area contributed by atoms with Crippen LogP contribution in [0.25, 0.3) is 0 Å². The van der Waals surface area contributed by atoms with Crippen molar-refractivity contribution in [3.05, 3.63) is 0 Å². The van der Waals surface area contributed by atoms with Gasteiger partial charge >= 0.3 is 0 Å². The molecule has 1 aliphatic carbocycles. The van der Waals surface area contributed by atoms with Crippen LogP contribution in [-0.2, 0) is 4.79 Å². The number of carbonyl (C=O) groups is 1. The number of carbonyl (C=O) groups excluding carboxylic acids is 1. The second-order valence-electron chi connectivity index (χ2n) is 5.44. The molecule has 1 heterocycles. The van der Waals surface area contributed by atoms with Crippen molar-refractivity contribution in [2.75, 3.05) is 13.1 Å². The maximum atomic E-state index is 12.1. The average molecular weight is 239 g/mol. The zero-order chi connectivity index (χ0) is 12.3. The van der Waals surface area contributed by atoms with Crippen LogP contribution in [0.3, 0.4) is 0 Å². The maximum Gasteiger partial charge on any atom is 0.237 e. The van der Waals surface area contributed by atoms with Crippen LogP contribution in [0.5, 0.6) is 0 Å². The van der Waals surface area contributed by atoms with E-state index < -0.39 is 0 Å². The molecule has 17 heavy (non-hydrogen) atoms. The lowest BCUT2D eigenvalue weighted by Gasteiger charge is -2.33. The summed E-state index contributed by atoms with van der Waals surface area (Å²) in [5.74, 6) is 0.188. The van der Waals surface area contributed by atoms with Crippen LogP contribution in [0.2, 0.25) is 0 Å². The summed E-state index contributed by atoms with van der Waals surface area (Å²) in [4.78, 5) is 14.4. The Morgan fingerprint density at radius 3 is 2.76 bits per heavy atom. The van der Waals surface area contributed by atoms with Gasteiger partial charge < -0.3 is 11.1 Å². The molecule has 0 radical (unpaired) electrons. The first-order valence-electron chi connectivity index (χ1n) is 6.98. The van der Waals surface area contributed by atoms with Crippen LogP contribution in [0, 0.1) is 0 Å². The summed E-state index contributed by atoms with van der Waals surface area (Å²) in [6, 6.07) is 0.813. The third kappa shape index (κ3) is 3.42. The predicted octanol–water partition coefficient (Wildman–Crippen LogP) is 0.857. The van der Waals surface area contributed by atoms with E-state index in [9.17, 15) is 4.79 Å². The van der Waals surface area contributed by atoms with Gasteiger partial charge in [0.05, 0.1) is 6.04 Å². The Morgan fingerprint density at radius 1 is 1.35 bits per heavy atom. The van der Waals surface area contributed by atoms with E-state index in [-0.39, 0.29) is 11.9 Å². The lowest BCUT2D eigenvalue weighted by Crippen LogP contribution is -2.52. The lowest BCUT2D eigenvalue weighted by molar-refractivity contribution is -0.126. The number of hydrogen-bond donors (Lipinski definition) is 2. The molecule has 0 spiro atoms.